The smallest absolute Gasteiger partial charge is 0.123 e. The highest BCUT2D eigenvalue weighted by molar-refractivity contribution is 5.40. The zero-order chi connectivity index (χ0) is 14.0. The van der Waals surface area contributed by atoms with Gasteiger partial charge in [-0.15, -0.1) is 0 Å². The maximum atomic E-state index is 6.17. The molecule has 2 aliphatic rings. The van der Waals surface area contributed by atoms with Crippen molar-refractivity contribution in [2.75, 3.05) is 26.8 Å². The summed E-state index contributed by atoms with van der Waals surface area (Å²) in [5, 5.41) is 3.37. The van der Waals surface area contributed by atoms with Gasteiger partial charge in [-0.3, -0.25) is 0 Å². The second kappa shape index (κ2) is 5.74. The number of aryl methyl sites for hydroxylation is 1. The fourth-order valence-corrected chi connectivity index (χ4v) is 3.68. The fourth-order valence-electron chi connectivity index (χ4n) is 3.68. The monoisotopic (exact) mass is 275 g/mol. The molecule has 110 valence electrons. The Morgan fingerprint density at radius 3 is 2.85 bits per heavy atom. The normalized spacial score (nSPS) is 24.2. The van der Waals surface area contributed by atoms with Gasteiger partial charge in [0.1, 0.15) is 11.9 Å². The molecule has 0 saturated carbocycles. The maximum Gasteiger partial charge on any atom is 0.123 e. The summed E-state index contributed by atoms with van der Waals surface area (Å²) < 4.78 is 11.7. The van der Waals surface area contributed by atoms with Gasteiger partial charge in [0, 0.05) is 26.2 Å². The highest BCUT2D eigenvalue weighted by Gasteiger charge is 2.37. The van der Waals surface area contributed by atoms with Gasteiger partial charge in [0.2, 0.25) is 0 Å². The second-order valence-electron chi connectivity index (χ2n) is 6.40. The Bertz CT molecular complexity index is 461. The minimum absolute atomic E-state index is 0.332. The van der Waals surface area contributed by atoms with E-state index < -0.39 is 0 Å². The number of fused-ring (bicyclic) bond motifs is 1. The summed E-state index contributed by atoms with van der Waals surface area (Å²) in [6.45, 7) is 4.99. The third kappa shape index (κ3) is 2.84. The summed E-state index contributed by atoms with van der Waals surface area (Å²) in [5.74, 6) is 1.09. The van der Waals surface area contributed by atoms with Gasteiger partial charge in [0.05, 0.1) is 0 Å². The zero-order valence-corrected chi connectivity index (χ0v) is 12.6. The lowest BCUT2D eigenvalue weighted by molar-refractivity contribution is -0.00508. The molecular weight excluding hydrogens is 250 g/mol. The SMILES string of the molecule is CNCC1(CC2Cc3cc(C)ccc3O2)CCOCC1. The third-order valence-corrected chi connectivity index (χ3v) is 4.72. The average Bonchev–Trinajstić information content (AvgIpc) is 2.81. The van der Waals surface area contributed by atoms with Crippen LogP contribution in [0.2, 0.25) is 0 Å². The van der Waals surface area contributed by atoms with Gasteiger partial charge in [0.25, 0.3) is 0 Å². The number of hydrogen-bond acceptors (Lipinski definition) is 3. The van der Waals surface area contributed by atoms with E-state index in [-0.39, 0.29) is 0 Å². The molecule has 3 rings (SSSR count). The zero-order valence-electron chi connectivity index (χ0n) is 12.6. The molecule has 2 heterocycles. The van der Waals surface area contributed by atoms with Crippen LogP contribution in [0, 0.1) is 12.3 Å². The van der Waals surface area contributed by atoms with E-state index in [9.17, 15) is 0 Å². The molecule has 2 aliphatic heterocycles. The predicted molar refractivity (Wildman–Crippen MR) is 80.3 cm³/mol. The summed E-state index contributed by atoms with van der Waals surface area (Å²) in [5.41, 5.74) is 3.04. The van der Waals surface area contributed by atoms with E-state index in [0.717, 1.165) is 51.2 Å². The van der Waals surface area contributed by atoms with Crippen molar-refractivity contribution in [2.45, 2.75) is 38.7 Å². The topological polar surface area (TPSA) is 30.5 Å². The van der Waals surface area contributed by atoms with E-state index in [1.165, 1.54) is 11.1 Å². The molecule has 1 aromatic carbocycles. The van der Waals surface area contributed by atoms with Crippen LogP contribution in [0.4, 0.5) is 0 Å². The molecule has 1 N–H and O–H groups in total. The summed E-state index contributed by atoms with van der Waals surface area (Å²) >= 11 is 0. The minimum atomic E-state index is 0.332. The molecule has 1 saturated heterocycles. The minimum Gasteiger partial charge on any atom is -0.490 e. The van der Waals surface area contributed by atoms with E-state index in [1.807, 2.05) is 7.05 Å². The van der Waals surface area contributed by atoms with Gasteiger partial charge < -0.3 is 14.8 Å². The standard InChI is InChI=1S/C17H25NO2/c1-13-3-4-16-14(9-13)10-15(20-16)11-17(12-18-2)5-7-19-8-6-17/h3-4,9,15,18H,5-8,10-12H2,1-2H3. The van der Waals surface area contributed by atoms with Crippen molar-refractivity contribution >= 4 is 0 Å². The molecule has 3 nitrogen and oxygen atoms in total. The number of benzene rings is 1. The molecule has 0 spiro atoms. The van der Waals surface area contributed by atoms with Crippen molar-refractivity contribution in [3.05, 3.63) is 29.3 Å². The third-order valence-electron chi connectivity index (χ3n) is 4.72. The Morgan fingerprint density at radius 1 is 1.30 bits per heavy atom. The first-order valence-corrected chi connectivity index (χ1v) is 7.69. The van der Waals surface area contributed by atoms with Gasteiger partial charge in [-0.2, -0.15) is 0 Å². The molecule has 0 amide bonds. The number of rotatable bonds is 4. The van der Waals surface area contributed by atoms with Crippen molar-refractivity contribution in [3.63, 3.8) is 0 Å². The van der Waals surface area contributed by atoms with Crippen molar-refractivity contribution in [1.29, 1.82) is 0 Å². The van der Waals surface area contributed by atoms with Crippen LogP contribution in [0.5, 0.6) is 5.75 Å². The molecule has 1 atom stereocenters. The second-order valence-corrected chi connectivity index (χ2v) is 6.40. The van der Waals surface area contributed by atoms with Crippen LogP contribution in [-0.4, -0.2) is 32.9 Å². The first-order chi connectivity index (χ1) is 9.71. The number of hydrogen-bond donors (Lipinski definition) is 1. The molecule has 1 unspecified atom stereocenters. The van der Waals surface area contributed by atoms with E-state index >= 15 is 0 Å². The molecule has 0 bridgehead atoms. The largest absolute Gasteiger partial charge is 0.490 e. The molecule has 1 fully saturated rings. The molecule has 3 heteroatoms. The molecular formula is C17H25NO2. The Morgan fingerprint density at radius 2 is 2.10 bits per heavy atom. The van der Waals surface area contributed by atoms with Gasteiger partial charge in [0.15, 0.2) is 0 Å². The van der Waals surface area contributed by atoms with Gasteiger partial charge in [-0.05, 0) is 50.3 Å². The van der Waals surface area contributed by atoms with E-state index in [1.54, 1.807) is 0 Å². The number of nitrogens with one attached hydrogen (secondary N) is 1. The Labute approximate surface area is 121 Å². The highest BCUT2D eigenvalue weighted by Crippen LogP contribution is 2.39. The summed E-state index contributed by atoms with van der Waals surface area (Å²) in [6.07, 6.45) is 4.80. The van der Waals surface area contributed by atoms with Gasteiger partial charge in [-0.25, -0.2) is 0 Å². The van der Waals surface area contributed by atoms with Crippen LogP contribution < -0.4 is 10.1 Å². The molecule has 1 aromatic rings. The van der Waals surface area contributed by atoms with E-state index in [0.29, 0.717) is 11.5 Å². The lowest BCUT2D eigenvalue weighted by Gasteiger charge is -2.38. The Balaban J connectivity index is 1.69. The lowest BCUT2D eigenvalue weighted by atomic mass is 9.75. The fraction of sp³-hybridized carbons (Fsp3) is 0.647. The number of ether oxygens (including phenoxy) is 2. The Hall–Kier alpha value is -1.06. The average molecular weight is 275 g/mol. The van der Waals surface area contributed by atoms with Crippen molar-refractivity contribution in [2.24, 2.45) is 5.41 Å². The van der Waals surface area contributed by atoms with E-state index in [2.05, 4.69) is 30.4 Å². The first kappa shape index (κ1) is 13.9. The maximum absolute atomic E-state index is 6.17. The van der Waals surface area contributed by atoms with Gasteiger partial charge in [-0.1, -0.05) is 17.7 Å². The quantitative estimate of drug-likeness (QED) is 0.916. The van der Waals surface area contributed by atoms with Crippen molar-refractivity contribution < 1.29 is 9.47 Å². The van der Waals surface area contributed by atoms with Crippen molar-refractivity contribution in [3.8, 4) is 5.75 Å². The van der Waals surface area contributed by atoms with Crippen LogP contribution in [0.15, 0.2) is 18.2 Å². The predicted octanol–water partition coefficient (Wildman–Crippen LogP) is 2.70. The lowest BCUT2D eigenvalue weighted by Crippen LogP contribution is -2.41. The first-order valence-electron chi connectivity index (χ1n) is 7.69. The molecule has 0 aromatic heterocycles. The summed E-state index contributed by atoms with van der Waals surface area (Å²) in [6, 6.07) is 6.53. The van der Waals surface area contributed by atoms with Gasteiger partial charge >= 0.3 is 0 Å². The van der Waals surface area contributed by atoms with Crippen LogP contribution in [0.1, 0.15) is 30.4 Å². The highest BCUT2D eigenvalue weighted by atomic mass is 16.5. The van der Waals surface area contributed by atoms with Crippen molar-refractivity contribution in [1.82, 2.24) is 5.32 Å². The van der Waals surface area contributed by atoms with Crippen LogP contribution in [0.25, 0.3) is 0 Å². The molecule has 0 aliphatic carbocycles. The van der Waals surface area contributed by atoms with Crippen LogP contribution in [0.3, 0.4) is 0 Å². The van der Waals surface area contributed by atoms with Crippen LogP contribution in [-0.2, 0) is 11.2 Å². The molecule has 0 radical (unpaired) electrons. The van der Waals surface area contributed by atoms with E-state index in [4.69, 9.17) is 9.47 Å². The van der Waals surface area contributed by atoms with Crippen LogP contribution >= 0.6 is 0 Å². The summed E-state index contributed by atoms with van der Waals surface area (Å²) in [4.78, 5) is 0. The Kier molecular flexibility index (Phi) is 3.99. The summed E-state index contributed by atoms with van der Waals surface area (Å²) in [7, 11) is 2.05. The molecule has 20 heavy (non-hydrogen) atoms.